The lowest BCUT2D eigenvalue weighted by molar-refractivity contribution is -0.238. The van der Waals surface area contributed by atoms with Crippen LogP contribution in [0.4, 0.5) is 0 Å². The van der Waals surface area contributed by atoms with Gasteiger partial charge in [0, 0.05) is 5.41 Å². The summed E-state index contributed by atoms with van der Waals surface area (Å²) in [7, 11) is 0. The third kappa shape index (κ3) is 1.66. The Kier molecular flexibility index (Phi) is 3.16. The molecule has 0 aliphatic carbocycles. The summed E-state index contributed by atoms with van der Waals surface area (Å²) >= 11 is 0. The van der Waals surface area contributed by atoms with Crippen LogP contribution in [0.1, 0.15) is 53.4 Å². The molecule has 12 heavy (non-hydrogen) atoms. The molecule has 0 aromatic rings. The molecule has 1 fully saturated rings. The molecule has 0 aromatic heterocycles. The Hall–Kier alpha value is -0.0400. The average molecular weight is 170 g/mol. The molecule has 2 atom stereocenters. The second-order valence-corrected chi connectivity index (χ2v) is 4.51. The topological polar surface area (TPSA) is 9.23 Å². The minimum absolute atomic E-state index is 0.437. The summed E-state index contributed by atoms with van der Waals surface area (Å²) in [6.07, 6.45) is 6.00. The van der Waals surface area contributed by atoms with Crippen molar-refractivity contribution in [2.24, 2.45) is 5.41 Å². The summed E-state index contributed by atoms with van der Waals surface area (Å²) < 4.78 is 5.84. The van der Waals surface area contributed by atoms with Crippen molar-refractivity contribution in [2.45, 2.75) is 65.6 Å². The third-order valence-corrected chi connectivity index (χ3v) is 3.09. The molecule has 1 heteroatoms. The predicted molar refractivity (Wildman–Crippen MR) is 52.3 cm³/mol. The van der Waals surface area contributed by atoms with Crippen molar-refractivity contribution in [3.8, 4) is 0 Å². The van der Waals surface area contributed by atoms with Gasteiger partial charge in [0.1, 0.15) is 0 Å². The van der Waals surface area contributed by atoms with E-state index in [0.29, 0.717) is 17.6 Å². The van der Waals surface area contributed by atoms with Gasteiger partial charge in [-0.25, -0.2) is 0 Å². The van der Waals surface area contributed by atoms with Gasteiger partial charge in [-0.15, -0.1) is 0 Å². The largest absolute Gasteiger partial charge is 0.374 e. The standard InChI is InChI=1S/C11H22O/c1-5-7-9-11(3,4)10(12-9)8-6-2/h9-10H,5-8H2,1-4H3. The summed E-state index contributed by atoms with van der Waals surface area (Å²) in [5, 5.41) is 0. The van der Waals surface area contributed by atoms with E-state index in [1.165, 1.54) is 25.7 Å². The molecule has 1 aliphatic rings. The molecule has 0 saturated carbocycles. The molecule has 0 amide bonds. The van der Waals surface area contributed by atoms with Crippen LogP contribution in [-0.4, -0.2) is 12.2 Å². The van der Waals surface area contributed by atoms with E-state index in [0.717, 1.165) is 0 Å². The maximum absolute atomic E-state index is 5.84. The molecular formula is C11H22O. The first-order chi connectivity index (χ1) is 5.62. The number of hydrogen-bond acceptors (Lipinski definition) is 1. The molecule has 1 nitrogen and oxygen atoms in total. The number of ether oxygens (including phenoxy) is 1. The zero-order valence-corrected chi connectivity index (χ0v) is 8.89. The van der Waals surface area contributed by atoms with Gasteiger partial charge in [-0.05, 0) is 12.8 Å². The van der Waals surface area contributed by atoms with Crippen molar-refractivity contribution >= 4 is 0 Å². The Morgan fingerprint density at radius 1 is 1.00 bits per heavy atom. The first-order valence-electron chi connectivity index (χ1n) is 5.28. The van der Waals surface area contributed by atoms with Crippen molar-refractivity contribution in [3.05, 3.63) is 0 Å². The average Bonchev–Trinajstić information content (AvgIpc) is 2.03. The van der Waals surface area contributed by atoms with Gasteiger partial charge in [-0.1, -0.05) is 40.5 Å². The quantitative estimate of drug-likeness (QED) is 0.628. The van der Waals surface area contributed by atoms with Crippen LogP contribution in [0.5, 0.6) is 0 Å². The van der Waals surface area contributed by atoms with Crippen LogP contribution in [0, 0.1) is 5.41 Å². The molecule has 2 unspecified atom stereocenters. The maximum Gasteiger partial charge on any atom is 0.0654 e. The molecule has 0 bridgehead atoms. The minimum Gasteiger partial charge on any atom is -0.374 e. The van der Waals surface area contributed by atoms with E-state index >= 15 is 0 Å². The monoisotopic (exact) mass is 170 g/mol. The van der Waals surface area contributed by atoms with Crippen molar-refractivity contribution in [2.75, 3.05) is 0 Å². The predicted octanol–water partition coefficient (Wildman–Crippen LogP) is 3.38. The lowest BCUT2D eigenvalue weighted by Gasteiger charge is -2.52. The second-order valence-electron chi connectivity index (χ2n) is 4.51. The highest BCUT2D eigenvalue weighted by molar-refractivity contribution is 4.95. The van der Waals surface area contributed by atoms with Crippen LogP contribution in [0.25, 0.3) is 0 Å². The van der Waals surface area contributed by atoms with Crippen molar-refractivity contribution < 1.29 is 4.74 Å². The first-order valence-corrected chi connectivity index (χ1v) is 5.28. The van der Waals surface area contributed by atoms with Crippen molar-refractivity contribution in [1.29, 1.82) is 0 Å². The van der Waals surface area contributed by atoms with Gasteiger partial charge < -0.3 is 4.74 Å². The van der Waals surface area contributed by atoms with E-state index < -0.39 is 0 Å². The summed E-state index contributed by atoms with van der Waals surface area (Å²) in [4.78, 5) is 0. The Morgan fingerprint density at radius 2 is 1.42 bits per heavy atom. The maximum atomic E-state index is 5.84. The van der Waals surface area contributed by atoms with Crippen LogP contribution in [0.15, 0.2) is 0 Å². The van der Waals surface area contributed by atoms with E-state index in [1.54, 1.807) is 0 Å². The van der Waals surface area contributed by atoms with E-state index in [9.17, 15) is 0 Å². The van der Waals surface area contributed by atoms with Crippen LogP contribution >= 0.6 is 0 Å². The van der Waals surface area contributed by atoms with Crippen LogP contribution in [0.3, 0.4) is 0 Å². The van der Waals surface area contributed by atoms with Gasteiger partial charge in [0.05, 0.1) is 12.2 Å². The number of hydrogen-bond donors (Lipinski definition) is 0. The molecule has 1 heterocycles. The summed E-state index contributed by atoms with van der Waals surface area (Å²) in [5.41, 5.74) is 0.437. The van der Waals surface area contributed by atoms with Gasteiger partial charge in [-0.2, -0.15) is 0 Å². The van der Waals surface area contributed by atoms with Gasteiger partial charge in [0.15, 0.2) is 0 Å². The van der Waals surface area contributed by atoms with Gasteiger partial charge >= 0.3 is 0 Å². The highest BCUT2D eigenvalue weighted by Crippen LogP contribution is 2.44. The van der Waals surface area contributed by atoms with Crippen molar-refractivity contribution in [3.63, 3.8) is 0 Å². The van der Waals surface area contributed by atoms with E-state index in [-0.39, 0.29) is 0 Å². The molecule has 0 aromatic carbocycles. The Morgan fingerprint density at radius 3 is 1.67 bits per heavy atom. The molecular weight excluding hydrogens is 148 g/mol. The molecule has 0 N–H and O–H groups in total. The highest BCUT2D eigenvalue weighted by Gasteiger charge is 2.47. The van der Waals surface area contributed by atoms with Gasteiger partial charge in [0.25, 0.3) is 0 Å². The zero-order valence-electron chi connectivity index (χ0n) is 8.89. The van der Waals surface area contributed by atoms with Crippen LogP contribution < -0.4 is 0 Å². The molecule has 0 radical (unpaired) electrons. The second kappa shape index (κ2) is 3.78. The fraction of sp³-hybridized carbons (Fsp3) is 1.00. The molecule has 1 rings (SSSR count). The molecule has 72 valence electrons. The highest BCUT2D eigenvalue weighted by atomic mass is 16.5. The van der Waals surface area contributed by atoms with Crippen molar-refractivity contribution in [1.82, 2.24) is 0 Å². The van der Waals surface area contributed by atoms with E-state index in [1.807, 2.05) is 0 Å². The summed E-state index contributed by atoms with van der Waals surface area (Å²) in [6.45, 7) is 9.15. The SMILES string of the molecule is CCCC1OC(CCC)C1(C)C. The first kappa shape index (κ1) is 10.0. The van der Waals surface area contributed by atoms with E-state index in [4.69, 9.17) is 4.74 Å². The Balaban J connectivity index is 2.36. The third-order valence-electron chi connectivity index (χ3n) is 3.09. The fourth-order valence-corrected chi connectivity index (χ4v) is 2.09. The lowest BCUT2D eigenvalue weighted by Crippen LogP contribution is -2.55. The smallest absolute Gasteiger partial charge is 0.0654 e. The molecule has 0 spiro atoms. The minimum atomic E-state index is 0.437. The zero-order chi connectivity index (χ0) is 9.19. The lowest BCUT2D eigenvalue weighted by atomic mass is 9.72. The van der Waals surface area contributed by atoms with Gasteiger partial charge in [0.2, 0.25) is 0 Å². The Bertz CT molecular complexity index is 126. The summed E-state index contributed by atoms with van der Waals surface area (Å²) in [6, 6.07) is 0. The molecule has 1 aliphatic heterocycles. The van der Waals surface area contributed by atoms with Crippen LogP contribution in [-0.2, 0) is 4.74 Å². The normalized spacial score (nSPS) is 33.0. The fourth-order valence-electron chi connectivity index (χ4n) is 2.09. The number of rotatable bonds is 4. The summed E-state index contributed by atoms with van der Waals surface area (Å²) in [5.74, 6) is 0. The van der Waals surface area contributed by atoms with Gasteiger partial charge in [-0.3, -0.25) is 0 Å². The van der Waals surface area contributed by atoms with Crippen LogP contribution in [0.2, 0.25) is 0 Å². The molecule has 1 saturated heterocycles. The van der Waals surface area contributed by atoms with E-state index in [2.05, 4.69) is 27.7 Å². The Labute approximate surface area is 76.5 Å².